The van der Waals surface area contributed by atoms with Crippen molar-refractivity contribution in [2.24, 2.45) is 5.96 Å². The second-order valence-corrected chi connectivity index (χ2v) is 26.1. The molecule has 20 heteroatoms. The van der Waals surface area contributed by atoms with E-state index in [2.05, 4.69) is 88.1 Å². The van der Waals surface area contributed by atoms with E-state index in [9.17, 15) is 27.2 Å². The molecule has 2 amide bonds. The monoisotopic (exact) mass is 1150 g/mol. The first kappa shape index (κ1) is 70.4. The van der Waals surface area contributed by atoms with E-state index >= 15 is 0 Å². The van der Waals surface area contributed by atoms with E-state index in [4.69, 9.17) is 28.2 Å². The first-order valence-corrected chi connectivity index (χ1v) is 31.6. The predicted octanol–water partition coefficient (Wildman–Crippen LogP) is 16.6. The van der Waals surface area contributed by atoms with E-state index in [0.29, 0.717) is 74.8 Å². The summed E-state index contributed by atoms with van der Waals surface area (Å²) in [6, 6.07) is 13.4. The third kappa shape index (κ3) is 28.6. The van der Waals surface area contributed by atoms with E-state index in [1.165, 1.54) is 132 Å². The number of nitrogens with two attached hydrogens (primary N) is 1. The zero-order valence-corrected chi connectivity index (χ0v) is 50.2. The van der Waals surface area contributed by atoms with Gasteiger partial charge in [-0.1, -0.05) is 126 Å². The van der Waals surface area contributed by atoms with Crippen molar-refractivity contribution < 1.29 is 55.4 Å². The minimum Gasteiger partial charge on any atom is -0.542 e. The van der Waals surface area contributed by atoms with Gasteiger partial charge in [0.05, 0.1) is 23.8 Å². The predicted molar refractivity (Wildman–Crippen MR) is 315 cm³/mol. The molecule has 3 saturated heterocycles. The van der Waals surface area contributed by atoms with Crippen LogP contribution >= 0.6 is 0 Å². The normalized spacial score (nSPS) is 14.4. The molecule has 0 spiro atoms. The number of piperidine rings is 2. The van der Waals surface area contributed by atoms with Crippen LogP contribution in [0.3, 0.4) is 0 Å². The number of carbonyl (C=O) groups is 2. The fourth-order valence-corrected chi connectivity index (χ4v) is 9.13. The van der Waals surface area contributed by atoms with Crippen LogP contribution in [0.4, 0.5) is 54.6 Å². The average molecular weight is 1150 g/mol. The molecule has 5 heterocycles. The highest BCUT2D eigenvalue weighted by Gasteiger charge is 2.39. The Kier molecular flexibility index (Phi) is 34.9. The average Bonchev–Trinajstić information content (AvgIpc) is 4.07. The first-order valence-electron chi connectivity index (χ1n) is 28.7. The largest absolute Gasteiger partial charge is 0.542 e. The molecule has 0 radical (unpaired) electrons. The third-order valence-electron chi connectivity index (χ3n) is 13.8. The van der Waals surface area contributed by atoms with E-state index in [1.54, 1.807) is 23.2 Å². The van der Waals surface area contributed by atoms with E-state index in [0.717, 1.165) is 25.3 Å². The van der Waals surface area contributed by atoms with Crippen LogP contribution in [-0.2, 0) is 14.2 Å². The van der Waals surface area contributed by atoms with Crippen molar-refractivity contribution in [2.45, 2.75) is 194 Å². The lowest BCUT2D eigenvalue weighted by molar-refractivity contribution is 0.0941. The Morgan fingerprint density at radius 1 is 0.625 bits per heavy atom. The SMILES string of the molecule is C1CCOC1.CC(C)(C)[Si](C)(C)Oc1ccc(NC(=O)OC2CCN(c3ccc(F)cc3F)CC2)nc1.CCCCCCCC.CCCCCCCC.NF.O=C(Nc1ccc(O)cn1)OC1CCN(c2ccc(F)cc2F)CC1. The molecule has 7 rings (SSSR count). The molecule has 3 fully saturated rings. The van der Waals surface area contributed by atoms with Crippen molar-refractivity contribution in [2.75, 3.05) is 59.8 Å². The summed E-state index contributed by atoms with van der Waals surface area (Å²) in [6.45, 7) is 23.9. The summed E-state index contributed by atoms with van der Waals surface area (Å²) < 4.78 is 84.8. The number of ether oxygens (including phenoxy) is 3. The van der Waals surface area contributed by atoms with Gasteiger partial charge in [0.1, 0.15) is 58.6 Å². The van der Waals surface area contributed by atoms with Gasteiger partial charge in [-0.15, -0.1) is 4.48 Å². The van der Waals surface area contributed by atoms with Gasteiger partial charge in [0.25, 0.3) is 8.32 Å². The van der Waals surface area contributed by atoms with Crippen LogP contribution in [-0.4, -0.2) is 87.2 Å². The van der Waals surface area contributed by atoms with Gasteiger partial charge in [-0.2, -0.15) is 5.96 Å². The number of amides is 2. The van der Waals surface area contributed by atoms with Crippen molar-refractivity contribution >= 4 is 43.5 Å². The van der Waals surface area contributed by atoms with Crippen LogP contribution < -0.4 is 30.8 Å². The fraction of sp³-hybridized carbons (Fsp3) is 0.600. The summed E-state index contributed by atoms with van der Waals surface area (Å²) in [4.78, 5) is 35.8. The Morgan fingerprint density at radius 3 is 1.31 bits per heavy atom. The molecule has 3 aliphatic rings. The van der Waals surface area contributed by atoms with Crippen LogP contribution in [0.15, 0.2) is 73.1 Å². The van der Waals surface area contributed by atoms with Crippen LogP contribution in [0.25, 0.3) is 0 Å². The highest BCUT2D eigenvalue weighted by Crippen LogP contribution is 2.37. The summed E-state index contributed by atoms with van der Waals surface area (Å²) in [5.41, 5.74) is 0.705. The maximum absolute atomic E-state index is 14.0. The minimum absolute atomic E-state index is 0.000635. The Morgan fingerprint density at radius 2 is 1.01 bits per heavy atom. The van der Waals surface area contributed by atoms with Crippen molar-refractivity contribution in [1.82, 2.24) is 9.97 Å². The number of nitrogens with one attached hydrogen (secondary N) is 2. The zero-order chi connectivity index (χ0) is 59.4. The smallest absolute Gasteiger partial charge is 0.413 e. The van der Waals surface area contributed by atoms with Crippen LogP contribution in [0.1, 0.15) is 164 Å². The highest BCUT2D eigenvalue weighted by molar-refractivity contribution is 6.74. The number of rotatable bonds is 18. The molecular formula is C60H94F5N7O7Si. The van der Waals surface area contributed by atoms with E-state index in [1.807, 2.05) is 4.90 Å². The van der Waals surface area contributed by atoms with Crippen molar-refractivity contribution in [3.8, 4) is 11.5 Å². The summed E-state index contributed by atoms with van der Waals surface area (Å²) >= 11 is 0. The Hall–Kier alpha value is -5.73. The molecule has 2 aromatic heterocycles. The number of nitrogens with zero attached hydrogens (tertiary/aromatic N) is 4. The molecule has 4 aromatic rings. The lowest BCUT2D eigenvalue weighted by atomic mass is 10.1. The summed E-state index contributed by atoms with van der Waals surface area (Å²) in [5.74, 6) is 1.92. The first-order chi connectivity index (χ1) is 38.3. The number of carbonyl (C=O) groups excluding carboxylic acids is 2. The maximum Gasteiger partial charge on any atom is 0.413 e. The van der Waals surface area contributed by atoms with Crippen LogP contribution in [0.5, 0.6) is 11.5 Å². The molecule has 450 valence electrons. The van der Waals surface area contributed by atoms with Crippen molar-refractivity contribution in [3.05, 3.63) is 96.3 Å². The van der Waals surface area contributed by atoms with Crippen molar-refractivity contribution in [1.29, 1.82) is 0 Å². The second kappa shape index (κ2) is 39.6. The number of unbranched alkanes of at least 4 members (excludes halogenated alkanes) is 10. The van der Waals surface area contributed by atoms with Gasteiger partial charge >= 0.3 is 12.2 Å². The lowest BCUT2D eigenvalue weighted by Gasteiger charge is -2.36. The number of anilines is 4. The lowest BCUT2D eigenvalue weighted by Crippen LogP contribution is -2.43. The third-order valence-corrected chi connectivity index (χ3v) is 18.2. The molecule has 0 saturated carbocycles. The number of hydrogen-bond donors (Lipinski definition) is 4. The molecule has 3 aliphatic heterocycles. The minimum atomic E-state index is -1.96. The zero-order valence-electron chi connectivity index (χ0n) is 49.2. The Bertz CT molecular complexity index is 2250. The Labute approximate surface area is 475 Å². The quantitative estimate of drug-likeness (QED) is 0.0322. The van der Waals surface area contributed by atoms with Gasteiger partial charge in [-0.3, -0.25) is 10.6 Å². The summed E-state index contributed by atoms with van der Waals surface area (Å²) in [7, 11) is -1.96. The fourth-order valence-electron chi connectivity index (χ4n) is 8.12. The van der Waals surface area contributed by atoms with Crippen LogP contribution in [0, 0.1) is 23.3 Å². The molecule has 80 heavy (non-hydrogen) atoms. The number of aromatic hydroxyl groups is 1. The molecular weight excluding hydrogens is 1050 g/mol. The summed E-state index contributed by atoms with van der Waals surface area (Å²) in [5, 5.41) is 14.3. The number of pyridine rings is 2. The molecule has 0 bridgehead atoms. The van der Waals surface area contributed by atoms with Crippen molar-refractivity contribution in [3.63, 3.8) is 0 Å². The molecule has 0 aliphatic carbocycles. The maximum atomic E-state index is 14.0. The van der Waals surface area contributed by atoms with Gasteiger partial charge in [0.15, 0.2) is 0 Å². The standard InChI is InChI=1S/C23H31F2N3O3Si.C17H17F2N3O3.2C8H18.C4H8O.FH2N/c1-23(2,3)32(4,5)31-18-7-9-21(26-15-18)27-22(29)30-17-10-12-28(13-11-17)20-8-6-16(24)14-19(20)25;18-11-1-3-15(14(19)9-11)22-7-5-13(6-8-22)25-17(24)21-16-4-2-12(23)10-20-16;2*1-3-5-7-8-6-4-2;1-2-4-5-3-1;1-2/h6-9,14-15,17H,10-13H2,1-5H3,(H,26,27,29);1-4,9-10,13,23H,5-8H2,(H,20,21,24);2*3-8H2,1-2H3;1-4H2;2H2. The molecule has 0 unspecified atom stereocenters. The summed E-state index contributed by atoms with van der Waals surface area (Å²) in [6.07, 6.45) is 22.7. The van der Waals surface area contributed by atoms with Gasteiger partial charge in [-0.05, 0) is 79.5 Å². The van der Waals surface area contributed by atoms with Gasteiger partial charge in [-0.25, -0.2) is 37.1 Å². The van der Waals surface area contributed by atoms with Crippen LogP contribution in [0.2, 0.25) is 18.1 Å². The second-order valence-electron chi connectivity index (χ2n) is 21.4. The topological polar surface area (TPSA) is 174 Å². The van der Waals surface area contributed by atoms with Gasteiger partial charge < -0.3 is 33.5 Å². The number of hydrogen-bond acceptors (Lipinski definition) is 12. The van der Waals surface area contributed by atoms with E-state index < -0.39 is 43.8 Å². The van der Waals surface area contributed by atoms with Gasteiger partial charge in [0.2, 0.25) is 0 Å². The number of benzene rings is 2. The number of aromatic nitrogens is 2. The van der Waals surface area contributed by atoms with Gasteiger partial charge in [0, 0.05) is 77.2 Å². The van der Waals surface area contributed by atoms with E-state index in [-0.39, 0.29) is 28.8 Å². The molecule has 2 aromatic carbocycles. The number of halogens is 5. The molecule has 5 N–H and O–H groups in total. The highest BCUT2D eigenvalue weighted by atomic mass is 28.4. The molecule has 0 atom stereocenters. The molecule has 14 nitrogen and oxygen atoms in total. The Balaban J connectivity index is 0.000000398.